The van der Waals surface area contributed by atoms with E-state index in [1.165, 1.54) is 12.0 Å². The summed E-state index contributed by atoms with van der Waals surface area (Å²) in [4.78, 5) is 12.5. The van der Waals surface area contributed by atoms with Crippen LogP contribution in [0.3, 0.4) is 0 Å². The first kappa shape index (κ1) is 14.6. The van der Waals surface area contributed by atoms with E-state index in [4.69, 9.17) is 4.74 Å². The average Bonchev–Trinajstić information content (AvgIpc) is 2.89. The molecule has 0 amide bonds. The van der Waals surface area contributed by atoms with E-state index in [9.17, 15) is 4.79 Å². The van der Waals surface area contributed by atoms with Gasteiger partial charge in [0, 0.05) is 12.6 Å². The molecule has 1 aromatic rings. The number of carbonyl (C=O) groups is 1. The summed E-state index contributed by atoms with van der Waals surface area (Å²) in [6.07, 6.45) is 5.51. The van der Waals surface area contributed by atoms with E-state index in [2.05, 4.69) is 35.6 Å². The lowest BCUT2D eigenvalue weighted by Gasteiger charge is -2.38. The maximum Gasteiger partial charge on any atom is 0.313 e. The normalized spacial score (nSPS) is 31.7. The summed E-state index contributed by atoms with van der Waals surface area (Å²) in [5.74, 6) is 0.447. The van der Waals surface area contributed by atoms with Crippen molar-refractivity contribution in [3.8, 4) is 0 Å². The lowest BCUT2D eigenvalue weighted by Crippen LogP contribution is -2.43. The van der Waals surface area contributed by atoms with E-state index in [1.54, 1.807) is 0 Å². The average molecular weight is 287 g/mol. The Morgan fingerprint density at radius 2 is 2.14 bits per heavy atom. The van der Waals surface area contributed by atoms with Crippen LogP contribution in [0.1, 0.15) is 38.2 Å². The van der Waals surface area contributed by atoms with Crippen LogP contribution < -0.4 is 5.32 Å². The standard InChI is InChI=1S/C18H25NO2/c1-2-21-17(20)18-11-7-6-10-15(18)16(19-13-18)12-14-8-4-3-5-9-14/h3-5,8-9,15-16,19H,2,6-7,10-13H2,1H3/t15-,16?,18-/m0/s1. The highest BCUT2D eigenvalue weighted by molar-refractivity contribution is 5.78. The van der Waals surface area contributed by atoms with Crippen LogP contribution in [0, 0.1) is 11.3 Å². The van der Waals surface area contributed by atoms with Crippen LogP contribution in [0.5, 0.6) is 0 Å². The third kappa shape index (κ3) is 2.71. The van der Waals surface area contributed by atoms with Crippen molar-refractivity contribution in [2.75, 3.05) is 13.2 Å². The van der Waals surface area contributed by atoms with E-state index in [1.807, 2.05) is 6.92 Å². The number of rotatable bonds is 4. The van der Waals surface area contributed by atoms with Crippen LogP contribution in [-0.2, 0) is 16.0 Å². The zero-order chi connectivity index (χ0) is 14.7. The predicted molar refractivity (Wildman–Crippen MR) is 83.0 cm³/mol. The molecule has 1 aliphatic carbocycles. The highest BCUT2D eigenvalue weighted by Crippen LogP contribution is 2.47. The number of nitrogens with one attached hydrogen (secondary N) is 1. The molecule has 3 atom stereocenters. The second kappa shape index (κ2) is 6.18. The van der Waals surface area contributed by atoms with Crippen LogP contribution in [0.25, 0.3) is 0 Å². The molecule has 2 aliphatic rings. The summed E-state index contributed by atoms with van der Waals surface area (Å²) in [6, 6.07) is 11.0. The van der Waals surface area contributed by atoms with E-state index in [0.29, 0.717) is 18.6 Å². The van der Waals surface area contributed by atoms with Crippen molar-refractivity contribution in [3.05, 3.63) is 35.9 Å². The van der Waals surface area contributed by atoms with E-state index >= 15 is 0 Å². The molecular weight excluding hydrogens is 262 g/mol. The summed E-state index contributed by atoms with van der Waals surface area (Å²) in [5, 5.41) is 3.63. The molecule has 1 heterocycles. The number of benzene rings is 1. The molecule has 3 heteroatoms. The van der Waals surface area contributed by atoms with E-state index in [-0.39, 0.29) is 11.4 Å². The minimum atomic E-state index is -0.270. The van der Waals surface area contributed by atoms with Crippen molar-refractivity contribution in [3.63, 3.8) is 0 Å². The summed E-state index contributed by atoms with van der Waals surface area (Å²) in [6.45, 7) is 3.17. The van der Waals surface area contributed by atoms with Crippen LogP contribution in [0.4, 0.5) is 0 Å². The molecule has 1 unspecified atom stereocenters. The SMILES string of the molecule is CCOC(=O)[C@]12CCCC[C@H]1C(Cc1ccccc1)NC2. The zero-order valence-electron chi connectivity index (χ0n) is 12.8. The summed E-state index contributed by atoms with van der Waals surface area (Å²) >= 11 is 0. The van der Waals surface area contributed by atoms with Crippen LogP contribution in [-0.4, -0.2) is 25.2 Å². The minimum absolute atomic E-state index is 0.0257. The maximum atomic E-state index is 12.5. The lowest BCUT2D eigenvalue weighted by molar-refractivity contribution is -0.159. The van der Waals surface area contributed by atoms with Crippen molar-refractivity contribution in [2.45, 2.75) is 45.1 Å². The lowest BCUT2D eigenvalue weighted by atomic mass is 9.65. The fourth-order valence-electron chi connectivity index (χ4n) is 4.21. The molecule has 0 spiro atoms. The topological polar surface area (TPSA) is 38.3 Å². The number of hydrogen-bond acceptors (Lipinski definition) is 3. The molecule has 1 saturated carbocycles. The molecular formula is C18H25NO2. The molecule has 1 aromatic carbocycles. The highest BCUT2D eigenvalue weighted by atomic mass is 16.5. The molecule has 2 fully saturated rings. The Morgan fingerprint density at radius 1 is 1.33 bits per heavy atom. The van der Waals surface area contributed by atoms with Crippen molar-refractivity contribution in [2.24, 2.45) is 11.3 Å². The summed E-state index contributed by atoms with van der Waals surface area (Å²) < 4.78 is 5.41. The maximum absolute atomic E-state index is 12.5. The molecule has 1 saturated heterocycles. The highest BCUT2D eigenvalue weighted by Gasteiger charge is 2.54. The Labute approximate surface area is 127 Å². The smallest absolute Gasteiger partial charge is 0.313 e. The van der Waals surface area contributed by atoms with Crippen molar-refractivity contribution in [1.29, 1.82) is 0 Å². The van der Waals surface area contributed by atoms with Crippen LogP contribution in [0.2, 0.25) is 0 Å². The Morgan fingerprint density at radius 3 is 2.90 bits per heavy atom. The third-order valence-electron chi connectivity index (χ3n) is 5.24. The molecule has 3 nitrogen and oxygen atoms in total. The van der Waals surface area contributed by atoms with E-state index < -0.39 is 0 Å². The van der Waals surface area contributed by atoms with Gasteiger partial charge < -0.3 is 10.1 Å². The molecule has 1 N–H and O–H groups in total. The molecule has 1 aliphatic heterocycles. The third-order valence-corrected chi connectivity index (χ3v) is 5.24. The van der Waals surface area contributed by atoms with Gasteiger partial charge in [-0.1, -0.05) is 43.2 Å². The molecule has 3 rings (SSSR count). The first-order valence-electron chi connectivity index (χ1n) is 8.21. The van der Waals surface area contributed by atoms with Crippen LogP contribution >= 0.6 is 0 Å². The second-order valence-corrected chi connectivity index (χ2v) is 6.41. The van der Waals surface area contributed by atoms with Gasteiger partial charge in [0.25, 0.3) is 0 Å². The van der Waals surface area contributed by atoms with Gasteiger partial charge in [-0.3, -0.25) is 4.79 Å². The molecule has 0 radical (unpaired) electrons. The van der Waals surface area contributed by atoms with Gasteiger partial charge in [0.1, 0.15) is 0 Å². The Kier molecular flexibility index (Phi) is 4.29. The monoisotopic (exact) mass is 287 g/mol. The minimum Gasteiger partial charge on any atom is -0.466 e. The largest absolute Gasteiger partial charge is 0.466 e. The van der Waals surface area contributed by atoms with Crippen molar-refractivity contribution >= 4 is 5.97 Å². The van der Waals surface area contributed by atoms with Crippen molar-refractivity contribution < 1.29 is 9.53 Å². The number of fused-ring (bicyclic) bond motifs is 1. The Balaban J connectivity index is 1.78. The van der Waals surface area contributed by atoms with Gasteiger partial charge in [-0.25, -0.2) is 0 Å². The molecule has 21 heavy (non-hydrogen) atoms. The van der Waals surface area contributed by atoms with Gasteiger partial charge in [0.05, 0.1) is 12.0 Å². The first-order chi connectivity index (χ1) is 10.3. The molecule has 114 valence electrons. The fraction of sp³-hybridized carbons (Fsp3) is 0.611. The Hall–Kier alpha value is -1.35. The van der Waals surface area contributed by atoms with Gasteiger partial charge >= 0.3 is 5.97 Å². The summed E-state index contributed by atoms with van der Waals surface area (Å²) in [5.41, 5.74) is 1.08. The second-order valence-electron chi connectivity index (χ2n) is 6.41. The van der Waals surface area contributed by atoms with Gasteiger partial charge in [0.15, 0.2) is 0 Å². The number of ether oxygens (including phenoxy) is 1. The fourth-order valence-corrected chi connectivity index (χ4v) is 4.21. The van der Waals surface area contributed by atoms with Gasteiger partial charge in [-0.2, -0.15) is 0 Å². The van der Waals surface area contributed by atoms with Crippen molar-refractivity contribution in [1.82, 2.24) is 5.32 Å². The quantitative estimate of drug-likeness (QED) is 0.865. The first-order valence-corrected chi connectivity index (χ1v) is 8.21. The number of carbonyl (C=O) groups excluding carboxylic acids is 1. The molecule has 0 aromatic heterocycles. The summed E-state index contributed by atoms with van der Waals surface area (Å²) in [7, 11) is 0. The predicted octanol–water partition coefficient (Wildman–Crippen LogP) is 2.94. The van der Waals surface area contributed by atoms with Gasteiger partial charge in [-0.15, -0.1) is 0 Å². The van der Waals surface area contributed by atoms with E-state index in [0.717, 1.165) is 32.2 Å². The number of hydrogen-bond donors (Lipinski definition) is 1. The van der Waals surface area contributed by atoms with Gasteiger partial charge in [0.2, 0.25) is 0 Å². The van der Waals surface area contributed by atoms with Gasteiger partial charge in [-0.05, 0) is 37.7 Å². The Bertz CT molecular complexity index is 487. The number of esters is 1. The van der Waals surface area contributed by atoms with Crippen LogP contribution in [0.15, 0.2) is 30.3 Å². The zero-order valence-corrected chi connectivity index (χ0v) is 12.8. The molecule has 0 bridgehead atoms.